The van der Waals surface area contributed by atoms with Crippen LogP contribution in [0, 0.1) is 11.8 Å². The number of likely N-dealkylation sites (tertiary alicyclic amines) is 1. The Morgan fingerprint density at radius 1 is 1.36 bits per heavy atom. The number of rotatable bonds is 10. The number of hydrogen-bond donors (Lipinski definition) is 1. The molecule has 0 amide bonds. The van der Waals surface area contributed by atoms with Gasteiger partial charge in [0.1, 0.15) is 0 Å². The number of piperidine rings is 1. The predicted molar refractivity (Wildman–Crippen MR) is 98.7 cm³/mol. The Kier molecular flexibility index (Phi) is 6.28. The van der Waals surface area contributed by atoms with Crippen molar-refractivity contribution in [2.24, 2.45) is 11.8 Å². The number of unbranched alkanes of at least 4 members (excludes halogenated alkanes) is 1. The van der Waals surface area contributed by atoms with E-state index in [1.54, 1.807) is 0 Å². The number of nitrogens with one attached hydrogen (secondary N) is 1. The van der Waals surface area contributed by atoms with Crippen LogP contribution in [0.3, 0.4) is 0 Å². The summed E-state index contributed by atoms with van der Waals surface area (Å²) in [6.07, 6.45) is 2.33. The summed E-state index contributed by atoms with van der Waals surface area (Å²) in [6, 6.07) is 8.37. The zero-order valence-corrected chi connectivity index (χ0v) is 16.0. The zero-order chi connectivity index (χ0) is 17.9. The van der Waals surface area contributed by atoms with E-state index in [0.717, 1.165) is 44.8 Å². The minimum absolute atomic E-state index is 0.242. The Labute approximate surface area is 153 Å². The molecular weight excluding hydrogens is 336 g/mol. The van der Waals surface area contributed by atoms with E-state index in [2.05, 4.69) is 35.6 Å². The Morgan fingerprint density at radius 2 is 2.12 bits per heavy atom. The molecule has 2 fully saturated rings. The van der Waals surface area contributed by atoms with E-state index in [-0.39, 0.29) is 5.41 Å². The lowest BCUT2D eigenvalue weighted by Gasteiger charge is -2.24. The molecular formula is C19H29N2O3S-. The van der Waals surface area contributed by atoms with Gasteiger partial charge in [-0.25, -0.2) is 4.72 Å². The smallest absolute Gasteiger partial charge is 0.0593 e. The van der Waals surface area contributed by atoms with Crippen LogP contribution in [0.5, 0.6) is 0 Å². The molecule has 140 valence electrons. The quantitative estimate of drug-likeness (QED) is 0.510. The van der Waals surface area contributed by atoms with Crippen molar-refractivity contribution in [2.75, 3.05) is 32.8 Å². The van der Waals surface area contributed by atoms with Gasteiger partial charge in [0.15, 0.2) is 0 Å². The minimum Gasteiger partial charge on any atom is -0.760 e. The van der Waals surface area contributed by atoms with Gasteiger partial charge in [0, 0.05) is 49.5 Å². The lowest BCUT2D eigenvalue weighted by Crippen LogP contribution is -2.32. The van der Waals surface area contributed by atoms with E-state index in [1.165, 1.54) is 12.0 Å². The van der Waals surface area contributed by atoms with E-state index < -0.39 is 11.3 Å². The molecule has 0 spiro atoms. The summed E-state index contributed by atoms with van der Waals surface area (Å²) in [6.45, 7) is 9.94. The summed E-state index contributed by atoms with van der Waals surface area (Å²) in [5.41, 5.74) is 2.61. The van der Waals surface area contributed by atoms with Crippen LogP contribution >= 0.6 is 0 Å². The summed E-state index contributed by atoms with van der Waals surface area (Å²) >= 11 is -2.21. The first-order valence-corrected chi connectivity index (χ1v) is 10.4. The maximum Gasteiger partial charge on any atom is 0.0593 e. The van der Waals surface area contributed by atoms with Crippen LogP contribution < -0.4 is 4.72 Å². The minimum atomic E-state index is -2.21. The largest absolute Gasteiger partial charge is 0.760 e. The van der Waals surface area contributed by atoms with Crippen LogP contribution in [0.4, 0.5) is 0 Å². The van der Waals surface area contributed by atoms with Gasteiger partial charge < -0.3 is 14.2 Å². The summed E-state index contributed by atoms with van der Waals surface area (Å²) < 4.78 is 29.5. The van der Waals surface area contributed by atoms with Crippen molar-refractivity contribution in [3.05, 3.63) is 35.4 Å². The number of hydrogen-bond acceptors (Lipinski definition) is 4. The highest BCUT2D eigenvalue weighted by atomic mass is 32.2. The van der Waals surface area contributed by atoms with Gasteiger partial charge in [0.2, 0.25) is 0 Å². The van der Waals surface area contributed by atoms with E-state index >= 15 is 0 Å². The van der Waals surface area contributed by atoms with Crippen molar-refractivity contribution in [3.63, 3.8) is 0 Å². The fourth-order valence-corrected chi connectivity index (χ4v) is 4.56. The Hall–Kier alpha value is -0.790. The van der Waals surface area contributed by atoms with E-state index in [1.807, 2.05) is 12.1 Å². The molecule has 3 rings (SSSR count). The predicted octanol–water partition coefficient (Wildman–Crippen LogP) is 2.21. The third-order valence-corrected chi connectivity index (χ3v) is 6.34. The molecule has 5 nitrogen and oxygen atoms in total. The number of benzene rings is 1. The topological polar surface area (TPSA) is 64.6 Å². The molecule has 3 atom stereocenters. The monoisotopic (exact) mass is 365 g/mol. The second-order valence-corrected chi connectivity index (χ2v) is 8.24. The van der Waals surface area contributed by atoms with Crippen LogP contribution in [0.25, 0.3) is 0 Å². The first-order chi connectivity index (χ1) is 12.1. The Balaban J connectivity index is 1.50. The standard InChI is InChI=1S/C19H30N2O3S/c1-3-4-9-24-10-8-21-13-17-18(14-21)19(17,2)16-7-5-6-15(11-16)12-20-25(22)23/h5-7,11,17-18,20H,3-4,8-10,12-14H2,1-2H3,(H,22,23)/p-1. The summed E-state index contributed by atoms with van der Waals surface area (Å²) in [4.78, 5) is 2.52. The van der Waals surface area contributed by atoms with E-state index in [4.69, 9.17) is 4.74 Å². The molecule has 0 aromatic heterocycles. The second-order valence-electron chi connectivity index (χ2n) is 7.48. The van der Waals surface area contributed by atoms with Crippen molar-refractivity contribution in [1.29, 1.82) is 0 Å². The van der Waals surface area contributed by atoms with Gasteiger partial charge >= 0.3 is 0 Å². The molecule has 6 heteroatoms. The zero-order valence-electron chi connectivity index (χ0n) is 15.2. The number of fused-ring (bicyclic) bond motifs is 1. The van der Waals surface area contributed by atoms with E-state index in [9.17, 15) is 8.76 Å². The molecule has 1 heterocycles. The van der Waals surface area contributed by atoms with Gasteiger partial charge in [0.25, 0.3) is 0 Å². The molecule has 2 aliphatic rings. The SMILES string of the molecule is CCCCOCCN1CC2C(C1)C2(C)c1cccc(CNS(=O)[O-])c1. The molecule has 1 aromatic rings. The number of nitrogens with zero attached hydrogens (tertiary/aromatic N) is 1. The molecule has 1 saturated carbocycles. The second kappa shape index (κ2) is 8.27. The average Bonchev–Trinajstić information content (AvgIpc) is 2.96. The Bertz CT molecular complexity index is 598. The normalized spacial score (nSPS) is 29.6. The van der Waals surface area contributed by atoms with Gasteiger partial charge in [-0.3, -0.25) is 4.21 Å². The third-order valence-electron chi connectivity index (χ3n) is 5.96. The first-order valence-electron chi connectivity index (χ1n) is 9.28. The van der Waals surface area contributed by atoms with Gasteiger partial charge in [-0.15, -0.1) is 0 Å². The summed E-state index contributed by atoms with van der Waals surface area (Å²) in [7, 11) is 0. The van der Waals surface area contributed by atoms with Crippen molar-refractivity contribution >= 4 is 11.3 Å². The van der Waals surface area contributed by atoms with Crippen LogP contribution in [0.2, 0.25) is 0 Å². The molecule has 1 N–H and O–H groups in total. The van der Waals surface area contributed by atoms with Crippen molar-refractivity contribution in [2.45, 2.75) is 38.6 Å². The first kappa shape index (κ1) is 19.0. The van der Waals surface area contributed by atoms with Crippen LogP contribution in [0.1, 0.15) is 37.8 Å². The highest BCUT2D eigenvalue weighted by Gasteiger charge is 2.65. The molecule has 3 unspecified atom stereocenters. The van der Waals surface area contributed by atoms with Crippen LogP contribution in [-0.2, 0) is 28.0 Å². The van der Waals surface area contributed by atoms with Gasteiger partial charge in [-0.05, 0) is 29.4 Å². The third kappa shape index (κ3) is 4.31. The highest BCUT2D eigenvalue weighted by Crippen LogP contribution is 2.63. The molecule has 0 radical (unpaired) electrons. The maximum absolute atomic E-state index is 10.7. The molecule has 25 heavy (non-hydrogen) atoms. The molecule has 1 aromatic carbocycles. The van der Waals surface area contributed by atoms with Crippen LogP contribution in [-0.4, -0.2) is 46.5 Å². The molecule has 1 aliphatic heterocycles. The average molecular weight is 366 g/mol. The van der Waals surface area contributed by atoms with Crippen molar-refractivity contribution in [1.82, 2.24) is 9.62 Å². The highest BCUT2D eigenvalue weighted by molar-refractivity contribution is 7.77. The van der Waals surface area contributed by atoms with Crippen molar-refractivity contribution < 1.29 is 13.5 Å². The maximum atomic E-state index is 10.7. The lowest BCUT2D eigenvalue weighted by atomic mass is 9.91. The molecule has 1 saturated heterocycles. The fraction of sp³-hybridized carbons (Fsp3) is 0.684. The van der Waals surface area contributed by atoms with Crippen molar-refractivity contribution in [3.8, 4) is 0 Å². The van der Waals surface area contributed by atoms with E-state index in [0.29, 0.717) is 18.4 Å². The summed E-state index contributed by atoms with van der Waals surface area (Å²) in [5.74, 6) is 1.42. The van der Waals surface area contributed by atoms with Gasteiger partial charge in [0.05, 0.1) is 6.61 Å². The Morgan fingerprint density at radius 3 is 2.80 bits per heavy atom. The van der Waals surface area contributed by atoms with Crippen LogP contribution in [0.15, 0.2) is 24.3 Å². The lowest BCUT2D eigenvalue weighted by molar-refractivity contribution is 0.103. The fourth-order valence-electron chi connectivity index (χ4n) is 4.27. The van der Waals surface area contributed by atoms with Gasteiger partial charge in [-0.1, -0.05) is 44.5 Å². The molecule has 1 aliphatic carbocycles. The van der Waals surface area contributed by atoms with Gasteiger partial charge in [-0.2, -0.15) is 0 Å². The summed E-state index contributed by atoms with van der Waals surface area (Å²) in [5, 5.41) is 0. The molecule has 0 bridgehead atoms. The number of ether oxygens (including phenoxy) is 1.